The fourth-order valence-electron chi connectivity index (χ4n) is 0.791. The van der Waals surface area contributed by atoms with E-state index >= 15 is 0 Å². The lowest BCUT2D eigenvalue weighted by Gasteiger charge is -2.14. The molecule has 16 heavy (non-hydrogen) atoms. The fourth-order valence-corrected chi connectivity index (χ4v) is 1.05. The first kappa shape index (κ1) is 14.7. The van der Waals surface area contributed by atoms with Crippen molar-refractivity contribution in [3.8, 4) is 0 Å². The minimum Gasteiger partial charge on any atom is -0.346 e. The summed E-state index contributed by atoms with van der Waals surface area (Å²) in [7, 11) is 0. The Labute approximate surface area is 97.9 Å². The predicted molar refractivity (Wildman–Crippen MR) is 60.2 cm³/mol. The van der Waals surface area contributed by atoms with Gasteiger partial charge in [0.25, 0.3) is 5.91 Å². The molecule has 0 fully saturated rings. The Kier molecular flexibility index (Phi) is 7.25. The maximum atomic E-state index is 11.2. The summed E-state index contributed by atoms with van der Waals surface area (Å²) in [6.45, 7) is -0.454. The first-order valence-electron chi connectivity index (χ1n) is 4.42. The maximum absolute atomic E-state index is 11.2. The summed E-state index contributed by atoms with van der Waals surface area (Å²) in [6.07, 6.45) is 0. The summed E-state index contributed by atoms with van der Waals surface area (Å²) in [5.41, 5.74) is 6.91. The number of hydrogen-bond donors (Lipinski definition) is 6. The molecule has 0 aromatic carbocycles. The van der Waals surface area contributed by atoms with Crippen LogP contribution in [0.4, 0.5) is 0 Å². The van der Waals surface area contributed by atoms with E-state index in [1.165, 1.54) is 0 Å². The minimum absolute atomic E-state index is 0.0968. The minimum atomic E-state index is -0.837. The molecule has 0 aromatic rings. The molecule has 0 bridgehead atoms. The molecule has 0 heterocycles. The maximum Gasteiger partial charge on any atom is 0.257 e. The molecule has 9 heteroatoms. The number of hydrazine groups is 1. The van der Waals surface area contributed by atoms with Gasteiger partial charge in [-0.1, -0.05) is 0 Å². The Morgan fingerprint density at radius 1 is 1.25 bits per heavy atom. The highest BCUT2D eigenvalue weighted by Gasteiger charge is 2.18. The van der Waals surface area contributed by atoms with Crippen LogP contribution >= 0.6 is 12.6 Å². The molecular formula is C7H15N5O3S. The van der Waals surface area contributed by atoms with Crippen LogP contribution in [0.2, 0.25) is 0 Å². The van der Waals surface area contributed by atoms with E-state index < -0.39 is 23.8 Å². The number of rotatable bonds is 6. The molecular weight excluding hydrogens is 234 g/mol. The highest BCUT2D eigenvalue weighted by molar-refractivity contribution is 7.80. The largest absolute Gasteiger partial charge is 0.346 e. The Morgan fingerprint density at radius 2 is 1.88 bits per heavy atom. The molecule has 0 saturated carbocycles. The molecule has 0 aliphatic carbocycles. The standard InChI is InChI=1S/C7H15N5O3S/c8-1-5(13)10-2-6(14)11-4(3-16)7(15)12-9/h4,16H,1-3,8-9H2,(H,10,13)(H,11,14)(H,12,15)/t4-/m0/s1. The molecule has 1 atom stereocenters. The van der Waals surface area contributed by atoms with Crippen molar-refractivity contribution < 1.29 is 14.4 Å². The summed E-state index contributed by atoms with van der Waals surface area (Å²) in [5, 5.41) is 4.59. The van der Waals surface area contributed by atoms with E-state index in [2.05, 4.69) is 23.3 Å². The normalized spacial score (nSPS) is 11.4. The zero-order chi connectivity index (χ0) is 12.6. The van der Waals surface area contributed by atoms with Crippen molar-refractivity contribution in [2.75, 3.05) is 18.8 Å². The summed E-state index contributed by atoms with van der Waals surface area (Å²) in [4.78, 5) is 33.0. The molecule has 0 rings (SSSR count). The van der Waals surface area contributed by atoms with E-state index in [4.69, 9.17) is 11.6 Å². The van der Waals surface area contributed by atoms with Crippen LogP contribution in [0, 0.1) is 0 Å². The number of amides is 3. The van der Waals surface area contributed by atoms with E-state index in [0.29, 0.717) is 0 Å². The van der Waals surface area contributed by atoms with Gasteiger partial charge in [-0.05, 0) is 0 Å². The monoisotopic (exact) mass is 249 g/mol. The number of hydrogen-bond acceptors (Lipinski definition) is 6. The molecule has 3 amide bonds. The van der Waals surface area contributed by atoms with Crippen LogP contribution in [0.5, 0.6) is 0 Å². The SMILES string of the molecule is NCC(=O)NCC(=O)N[C@@H](CS)C(=O)NN. The first-order chi connectivity index (χ1) is 7.54. The second-order valence-corrected chi connectivity index (χ2v) is 3.16. The molecule has 0 saturated heterocycles. The fraction of sp³-hybridized carbons (Fsp3) is 0.571. The predicted octanol–water partition coefficient (Wildman–Crippen LogP) is -3.53. The number of nitrogens with two attached hydrogens (primary N) is 2. The summed E-state index contributed by atoms with van der Waals surface area (Å²) >= 11 is 3.87. The molecule has 92 valence electrons. The average Bonchev–Trinajstić information content (AvgIpc) is 2.31. The third-order valence-corrected chi connectivity index (χ3v) is 1.97. The summed E-state index contributed by atoms with van der Waals surface area (Å²) in [5.74, 6) is 3.45. The summed E-state index contributed by atoms with van der Waals surface area (Å²) < 4.78 is 0. The third kappa shape index (κ3) is 5.53. The van der Waals surface area contributed by atoms with Gasteiger partial charge in [0, 0.05) is 5.75 Å². The van der Waals surface area contributed by atoms with Crippen LogP contribution in [-0.2, 0) is 14.4 Å². The van der Waals surface area contributed by atoms with E-state index in [9.17, 15) is 14.4 Å². The number of carbonyl (C=O) groups is 3. The Bertz CT molecular complexity index is 273. The second kappa shape index (κ2) is 7.91. The van der Waals surface area contributed by atoms with Crippen molar-refractivity contribution in [1.82, 2.24) is 16.1 Å². The molecule has 0 unspecified atom stereocenters. The van der Waals surface area contributed by atoms with E-state index in [1.54, 1.807) is 0 Å². The molecule has 0 aliphatic heterocycles. The van der Waals surface area contributed by atoms with Gasteiger partial charge < -0.3 is 16.4 Å². The van der Waals surface area contributed by atoms with Gasteiger partial charge in [0.15, 0.2) is 0 Å². The smallest absolute Gasteiger partial charge is 0.257 e. The Hall–Kier alpha value is -1.32. The second-order valence-electron chi connectivity index (χ2n) is 2.79. The van der Waals surface area contributed by atoms with Crippen LogP contribution < -0.4 is 27.6 Å². The number of nitrogens with one attached hydrogen (secondary N) is 3. The van der Waals surface area contributed by atoms with E-state index in [0.717, 1.165) is 0 Å². The van der Waals surface area contributed by atoms with Crippen molar-refractivity contribution >= 4 is 30.4 Å². The lowest BCUT2D eigenvalue weighted by Crippen LogP contribution is -2.52. The average molecular weight is 249 g/mol. The number of thiol groups is 1. The molecule has 0 radical (unpaired) electrons. The Balaban J connectivity index is 4.01. The van der Waals surface area contributed by atoms with Gasteiger partial charge >= 0.3 is 0 Å². The van der Waals surface area contributed by atoms with Crippen molar-refractivity contribution in [1.29, 1.82) is 0 Å². The lowest BCUT2D eigenvalue weighted by atomic mass is 10.3. The van der Waals surface area contributed by atoms with Gasteiger partial charge in [-0.3, -0.25) is 19.8 Å². The van der Waals surface area contributed by atoms with Gasteiger partial charge in [-0.15, -0.1) is 0 Å². The molecule has 0 spiro atoms. The summed E-state index contributed by atoms with van der Waals surface area (Å²) in [6, 6.07) is -0.837. The van der Waals surface area contributed by atoms with Crippen LogP contribution in [-0.4, -0.2) is 42.6 Å². The topological polar surface area (TPSA) is 139 Å². The van der Waals surface area contributed by atoms with Gasteiger partial charge in [0.1, 0.15) is 6.04 Å². The van der Waals surface area contributed by atoms with Crippen LogP contribution in [0.15, 0.2) is 0 Å². The molecule has 0 aromatic heterocycles. The quantitative estimate of drug-likeness (QED) is 0.125. The van der Waals surface area contributed by atoms with Gasteiger partial charge in [0.2, 0.25) is 11.8 Å². The van der Waals surface area contributed by atoms with Crippen molar-refractivity contribution in [2.45, 2.75) is 6.04 Å². The van der Waals surface area contributed by atoms with E-state index in [-0.39, 0.29) is 18.8 Å². The van der Waals surface area contributed by atoms with E-state index in [1.807, 2.05) is 5.43 Å². The van der Waals surface area contributed by atoms with Crippen molar-refractivity contribution in [3.05, 3.63) is 0 Å². The third-order valence-electron chi connectivity index (χ3n) is 1.61. The highest BCUT2D eigenvalue weighted by Crippen LogP contribution is 1.87. The van der Waals surface area contributed by atoms with Gasteiger partial charge in [0.05, 0.1) is 13.1 Å². The zero-order valence-corrected chi connectivity index (χ0v) is 9.42. The molecule has 8 nitrogen and oxygen atoms in total. The van der Waals surface area contributed by atoms with Gasteiger partial charge in [-0.25, -0.2) is 5.84 Å². The van der Waals surface area contributed by atoms with Crippen molar-refractivity contribution in [3.63, 3.8) is 0 Å². The van der Waals surface area contributed by atoms with Crippen molar-refractivity contribution in [2.24, 2.45) is 11.6 Å². The van der Waals surface area contributed by atoms with Crippen LogP contribution in [0.25, 0.3) is 0 Å². The first-order valence-corrected chi connectivity index (χ1v) is 5.05. The Morgan fingerprint density at radius 3 is 2.31 bits per heavy atom. The highest BCUT2D eigenvalue weighted by atomic mass is 32.1. The van der Waals surface area contributed by atoms with Gasteiger partial charge in [-0.2, -0.15) is 12.6 Å². The lowest BCUT2D eigenvalue weighted by molar-refractivity contribution is -0.129. The van der Waals surface area contributed by atoms with Crippen LogP contribution in [0.1, 0.15) is 0 Å². The molecule has 7 N–H and O–H groups in total. The zero-order valence-electron chi connectivity index (χ0n) is 8.53. The van der Waals surface area contributed by atoms with Crippen LogP contribution in [0.3, 0.4) is 0 Å². The molecule has 0 aliphatic rings. The number of carbonyl (C=O) groups excluding carboxylic acids is 3.